The van der Waals surface area contributed by atoms with Gasteiger partial charge in [-0.1, -0.05) is 0 Å². The van der Waals surface area contributed by atoms with Gasteiger partial charge in [-0.05, 0) is 53.0 Å². The van der Waals surface area contributed by atoms with Crippen LogP contribution >= 0.6 is 15.9 Å². The molecule has 17 heavy (non-hydrogen) atoms. The van der Waals surface area contributed by atoms with E-state index in [1.54, 1.807) is 33.1 Å². The van der Waals surface area contributed by atoms with E-state index in [1.807, 2.05) is 0 Å². The lowest BCUT2D eigenvalue weighted by atomic mass is 10.0. The second kappa shape index (κ2) is 6.02. The van der Waals surface area contributed by atoms with Gasteiger partial charge in [-0.2, -0.15) is 0 Å². The van der Waals surface area contributed by atoms with Crippen molar-refractivity contribution in [3.05, 3.63) is 27.7 Å². The Morgan fingerprint density at radius 1 is 1.53 bits per heavy atom. The fraction of sp³-hybridized carbons (Fsp3) is 0.417. The van der Waals surface area contributed by atoms with E-state index in [4.69, 9.17) is 9.47 Å². The lowest BCUT2D eigenvalue weighted by Gasteiger charge is -2.14. The summed E-state index contributed by atoms with van der Waals surface area (Å²) in [7, 11) is 1.56. The Morgan fingerprint density at radius 3 is 2.71 bits per heavy atom. The predicted molar refractivity (Wildman–Crippen MR) is 67.0 cm³/mol. The third kappa shape index (κ3) is 3.20. The van der Waals surface area contributed by atoms with E-state index in [9.17, 15) is 9.90 Å². The van der Waals surface area contributed by atoms with Gasteiger partial charge in [0.25, 0.3) is 0 Å². The molecule has 94 valence electrons. The van der Waals surface area contributed by atoms with Crippen molar-refractivity contribution >= 4 is 21.9 Å². The number of aliphatic hydroxyl groups excluding tert-OH is 1. The maximum Gasteiger partial charge on any atom is 0.339 e. The molecule has 0 bridgehead atoms. The monoisotopic (exact) mass is 302 g/mol. The molecule has 1 N–H and O–H groups in total. The van der Waals surface area contributed by atoms with Crippen LogP contribution in [0.15, 0.2) is 16.6 Å². The van der Waals surface area contributed by atoms with Crippen molar-refractivity contribution in [3.63, 3.8) is 0 Å². The highest BCUT2D eigenvalue weighted by Crippen LogP contribution is 2.31. The Labute approximate surface area is 109 Å². The fourth-order valence-corrected chi connectivity index (χ4v) is 1.99. The average molecular weight is 303 g/mol. The van der Waals surface area contributed by atoms with Gasteiger partial charge in [-0.25, -0.2) is 4.79 Å². The van der Waals surface area contributed by atoms with E-state index < -0.39 is 12.1 Å². The summed E-state index contributed by atoms with van der Waals surface area (Å²) in [4.78, 5) is 11.4. The van der Waals surface area contributed by atoms with E-state index in [0.717, 1.165) is 5.56 Å². The molecule has 0 aliphatic heterocycles. The van der Waals surface area contributed by atoms with Crippen LogP contribution < -0.4 is 4.74 Å². The van der Waals surface area contributed by atoms with Crippen LogP contribution in [0.25, 0.3) is 0 Å². The minimum atomic E-state index is -1.27. The molecule has 0 aliphatic carbocycles. The first-order valence-corrected chi connectivity index (χ1v) is 5.99. The quantitative estimate of drug-likeness (QED) is 0.868. The number of rotatable bonds is 4. The highest BCUT2D eigenvalue weighted by Gasteiger charge is 2.21. The van der Waals surface area contributed by atoms with Gasteiger partial charge in [-0.3, -0.25) is 0 Å². The molecule has 0 radical (unpaired) electrons. The topological polar surface area (TPSA) is 55.8 Å². The Hall–Kier alpha value is -1.07. The molecule has 1 atom stereocenters. The molecule has 1 aromatic carbocycles. The van der Waals surface area contributed by atoms with E-state index in [-0.39, 0.29) is 6.61 Å². The second-order valence-corrected chi connectivity index (χ2v) is 4.35. The third-order valence-corrected chi connectivity index (χ3v) is 2.96. The van der Waals surface area contributed by atoms with Gasteiger partial charge in [-0.15, -0.1) is 0 Å². The SMILES string of the molecule is CCOC(=O)C(O)c1cc(Br)c(OC)cc1C. The molecule has 0 saturated carbocycles. The van der Waals surface area contributed by atoms with Crippen molar-refractivity contribution < 1.29 is 19.4 Å². The minimum Gasteiger partial charge on any atom is -0.496 e. The van der Waals surface area contributed by atoms with E-state index in [2.05, 4.69) is 15.9 Å². The van der Waals surface area contributed by atoms with Gasteiger partial charge in [0.05, 0.1) is 18.2 Å². The van der Waals surface area contributed by atoms with Crippen LogP contribution in [0.5, 0.6) is 5.75 Å². The van der Waals surface area contributed by atoms with Gasteiger partial charge in [0.2, 0.25) is 0 Å². The average Bonchev–Trinajstić information content (AvgIpc) is 2.31. The zero-order valence-corrected chi connectivity index (χ0v) is 11.6. The maximum absolute atomic E-state index is 11.4. The van der Waals surface area contributed by atoms with Gasteiger partial charge in [0.15, 0.2) is 6.10 Å². The first kappa shape index (κ1) is 14.0. The van der Waals surface area contributed by atoms with Crippen molar-refractivity contribution in [2.75, 3.05) is 13.7 Å². The van der Waals surface area contributed by atoms with Crippen LogP contribution in [0, 0.1) is 6.92 Å². The lowest BCUT2D eigenvalue weighted by Crippen LogP contribution is -2.16. The molecule has 0 aliphatic rings. The van der Waals surface area contributed by atoms with Crippen molar-refractivity contribution in [1.29, 1.82) is 0 Å². The number of aryl methyl sites for hydroxylation is 1. The van der Waals surface area contributed by atoms with Crippen LogP contribution in [0.1, 0.15) is 24.2 Å². The largest absolute Gasteiger partial charge is 0.496 e. The van der Waals surface area contributed by atoms with Crippen LogP contribution in [0.2, 0.25) is 0 Å². The number of carbonyl (C=O) groups is 1. The van der Waals surface area contributed by atoms with Crippen LogP contribution in [-0.2, 0) is 9.53 Å². The molecule has 1 aromatic rings. The van der Waals surface area contributed by atoms with Crippen LogP contribution in [-0.4, -0.2) is 24.8 Å². The van der Waals surface area contributed by atoms with E-state index >= 15 is 0 Å². The molecule has 0 aromatic heterocycles. The smallest absolute Gasteiger partial charge is 0.339 e. The van der Waals surface area contributed by atoms with Gasteiger partial charge >= 0.3 is 5.97 Å². The van der Waals surface area contributed by atoms with E-state index in [0.29, 0.717) is 15.8 Å². The molecule has 0 fully saturated rings. The second-order valence-electron chi connectivity index (χ2n) is 3.50. The zero-order chi connectivity index (χ0) is 13.0. The molecule has 0 amide bonds. The van der Waals surface area contributed by atoms with Crippen molar-refractivity contribution in [2.45, 2.75) is 20.0 Å². The standard InChI is InChI=1S/C12H15BrO4/c1-4-17-12(15)11(14)8-6-9(13)10(16-3)5-7(8)2/h5-6,11,14H,4H2,1-3H3. The molecule has 1 rings (SSSR count). The molecular weight excluding hydrogens is 288 g/mol. The summed E-state index contributed by atoms with van der Waals surface area (Å²) in [6.07, 6.45) is -1.27. The number of hydrogen-bond acceptors (Lipinski definition) is 4. The normalized spacial score (nSPS) is 12.1. The van der Waals surface area contributed by atoms with E-state index in [1.165, 1.54) is 0 Å². The zero-order valence-electron chi connectivity index (χ0n) is 9.99. The number of carbonyl (C=O) groups excluding carboxylic acids is 1. The molecular formula is C12H15BrO4. The number of methoxy groups -OCH3 is 1. The minimum absolute atomic E-state index is 0.242. The Balaban J connectivity index is 3.06. The molecule has 4 nitrogen and oxygen atoms in total. The predicted octanol–water partition coefficient (Wildman–Crippen LogP) is 2.36. The summed E-state index contributed by atoms with van der Waals surface area (Å²) in [5.41, 5.74) is 1.28. The summed E-state index contributed by atoms with van der Waals surface area (Å²) >= 11 is 3.31. The van der Waals surface area contributed by atoms with Crippen molar-refractivity contribution in [1.82, 2.24) is 0 Å². The van der Waals surface area contributed by atoms with Gasteiger partial charge < -0.3 is 14.6 Å². The molecule has 0 saturated heterocycles. The highest BCUT2D eigenvalue weighted by atomic mass is 79.9. The number of aliphatic hydroxyl groups is 1. The number of hydrogen-bond donors (Lipinski definition) is 1. The van der Waals surface area contributed by atoms with Gasteiger partial charge in [0.1, 0.15) is 5.75 Å². The lowest BCUT2D eigenvalue weighted by molar-refractivity contribution is -0.153. The summed E-state index contributed by atoms with van der Waals surface area (Å²) in [5.74, 6) is 0.00924. The number of esters is 1. The number of halogens is 1. The molecule has 1 unspecified atom stereocenters. The summed E-state index contributed by atoms with van der Waals surface area (Å²) in [6.45, 7) is 3.74. The summed E-state index contributed by atoms with van der Waals surface area (Å²) < 4.78 is 10.6. The van der Waals surface area contributed by atoms with Crippen molar-refractivity contribution in [2.24, 2.45) is 0 Å². The van der Waals surface area contributed by atoms with Gasteiger partial charge in [0, 0.05) is 0 Å². The molecule has 0 heterocycles. The molecule has 0 spiro atoms. The van der Waals surface area contributed by atoms with Crippen molar-refractivity contribution in [3.8, 4) is 5.75 Å². The summed E-state index contributed by atoms with van der Waals surface area (Å²) in [5, 5.41) is 9.85. The summed E-state index contributed by atoms with van der Waals surface area (Å²) in [6, 6.07) is 3.41. The Morgan fingerprint density at radius 2 is 2.18 bits per heavy atom. The number of benzene rings is 1. The first-order valence-electron chi connectivity index (χ1n) is 5.20. The van der Waals surface area contributed by atoms with Crippen LogP contribution in [0.3, 0.4) is 0 Å². The number of ether oxygens (including phenoxy) is 2. The van der Waals surface area contributed by atoms with Crippen LogP contribution in [0.4, 0.5) is 0 Å². The Kier molecular flexibility index (Phi) is 4.96. The first-order chi connectivity index (χ1) is 8.01. The fourth-order valence-electron chi connectivity index (χ4n) is 1.47. The molecule has 5 heteroatoms. The highest BCUT2D eigenvalue weighted by molar-refractivity contribution is 9.10. The Bertz CT molecular complexity index is 417. The maximum atomic E-state index is 11.4. The third-order valence-electron chi connectivity index (χ3n) is 2.34.